The molecule has 6 heteroatoms. The van der Waals surface area contributed by atoms with E-state index in [1.807, 2.05) is 45.9 Å². The van der Waals surface area contributed by atoms with E-state index in [9.17, 15) is 4.21 Å². The number of halogens is 1. The van der Waals surface area contributed by atoms with Gasteiger partial charge in [-0.3, -0.25) is 0 Å². The van der Waals surface area contributed by atoms with Gasteiger partial charge in [-0.2, -0.15) is 0 Å². The quantitative estimate of drug-likeness (QED) is 0.914. The standard InChI is InChI=1S/C16H21ClN2O2S/c1-10(19-22(20)16(2,3)4)13-9-11-8-12(17)6-7-14(11)18-15(13)21-5/h6-10,19H,1-5H3/t10?,22-/m0/s1. The number of nitrogens with one attached hydrogen (secondary N) is 1. The smallest absolute Gasteiger partial charge is 0.218 e. The average Bonchev–Trinajstić information content (AvgIpc) is 2.44. The molecule has 0 aliphatic carbocycles. The molecular formula is C16H21ClN2O2S. The molecule has 120 valence electrons. The predicted molar refractivity (Wildman–Crippen MR) is 92.8 cm³/mol. The van der Waals surface area contributed by atoms with Crippen LogP contribution in [0.2, 0.25) is 5.02 Å². The minimum Gasteiger partial charge on any atom is -0.481 e. The largest absolute Gasteiger partial charge is 0.481 e. The Balaban J connectivity index is 2.42. The van der Waals surface area contributed by atoms with Crippen molar-refractivity contribution in [2.24, 2.45) is 0 Å². The van der Waals surface area contributed by atoms with Crippen molar-refractivity contribution in [3.05, 3.63) is 34.9 Å². The van der Waals surface area contributed by atoms with E-state index in [0.29, 0.717) is 10.9 Å². The van der Waals surface area contributed by atoms with Crippen molar-refractivity contribution >= 4 is 33.5 Å². The number of benzene rings is 1. The van der Waals surface area contributed by atoms with Gasteiger partial charge < -0.3 is 4.74 Å². The molecule has 4 nitrogen and oxygen atoms in total. The summed E-state index contributed by atoms with van der Waals surface area (Å²) in [6, 6.07) is 7.33. The number of methoxy groups -OCH3 is 1. The van der Waals surface area contributed by atoms with Gasteiger partial charge in [-0.05, 0) is 52.0 Å². The molecule has 2 aromatic rings. The van der Waals surface area contributed by atoms with Crippen molar-refractivity contribution in [2.45, 2.75) is 38.5 Å². The summed E-state index contributed by atoms with van der Waals surface area (Å²) >= 11 is 6.05. The molecule has 0 aliphatic rings. The van der Waals surface area contributed by atoms with Gasteiger partial charge in [-0.1, -0.05) is 11.6 Å². The summed E-state index contributed by atoms with van der Waals surface area (Å²) in [6.45, 7) is 7.73. The molecular weight excluding hydrogens is 320 g/mol. The number of rotatable bonds is 4. The lowest BCUT2D eigenvalue weighted by atomic mass is 10.1. The second-order valence-corrected chi connectivity index (χ2v) is 8.58. The van der Waals surface area contributed by atoms with Crippen LogP contribution in [-0.2, 0) is 11.0 Å². The van der Waals surface area contributed by atoms with Crippen LogP contribution in [0.15, 0.2) is 24.3 Å². The van der Waals surface area contributed by atoms with E-state index in [1.54, 1.807) is 13.2 Å². The predicted octanol–water partition coefficient (Wildman–Crippen LogP) is 4.01. The molecule has 0 saturated carbocycles. The SMILES string of the molecule is COc1nc2ccc(Cl)cc2cc1C(C)N[S@@](=O)C(C)(C)C. The summed E-state index contributed by atoms with van der Waals surface area (Å²) in [4.78, 5) is 4.51. The maximum atomic E-state index is 12.3. The van der Waals surface area contributed by atoms with E-state index in [4.69, 9.17) is 16.3 Å². The first-order valence-electron chi connectivity index (χ1n) is 7.04. The lowest BCUT2D eigenvalue weighted by Crippen LogP contribution is -2.35. The lowest BCUT2D eigenvalue weighted by molar-refractivity contribution is 0.390. The summed E-state index contributed by atoms with van der Waals surface area (Å²) in [5.41, 5.74) is 1.67. The van der Waals surface area contributed by atoms with Gasteiger partial charge in [0, 0.05) is 22.0 Å². The van der Waals surface area contributed by atoms with Crippen LogP contribution in [0.25, 0.3) is 10.9 Å². The van der Waals surface area contributed by atoms with Crippen LogP contribution >= 0.6 is 11.6 Å². The van der Waals surface area contributed by atoms with Crippen molar-refractivity contribution in [3.63, 3.8) is 0 Å². The maximum Gasteiger partial charge on any atom is 0.218 e. The fourth-order valence-electron chi connectivity index (χ4n) is 2.02. The van der Waals surface area contributed by atoms with E-state index in [-0.39, 0.29) is 10.8 Å². The fourth-order valence-corrected chi connectivity index (χ4v) is 3.00. The summed E-state index contributed by atoms with van der Waals surface area (Å²) in [6.07, 6.45) is 0. The Hall–Kier alpha value is -1.17. The molecule has 1 unspecified atom stereocenters. The third-order valence-electron chi connectivity index (χ3n) is 3.27. The maximum absolute atomic E-state index is 12.3. The van der Waals surface area contributed by atoms with E-state index < -0.39 is 11.0 Å². The summed E-state index contributed by atoms with van der Waals surface area (Å²) in [5.74, 6) is 0.528. The van der Waals surface area contributed by atoms with Crippen LogP contribution in [0, 0.1) is 0 Å². The van der Waals surface area contributed by atoms with Gasteiger partial charge in [0.1, 0.15) is 0 Å². The van der Waals surface area contributed by atoms with Crippen molar-refractivity contribution in [1.82, 2.24) is 9.71 Å². The normalized spacial score (nSPS) is 14.8. The minimum absolute atomic E-state index is 0.161. The summed E-state index contributed by atoms with van der Waals surface area (Å²) in [7, 11) is 0.409. The molecule has 1 aromatic carbocycles. The highest BCUT2D eigenvalue weighted by Crippen LogP contribution is 2.29. The Morgan fingerprint density at radius 3 is 2.59 bits per heavy atom. The highest BCUT2D eigenvalue weighted by atomic mass is 35.5. The van der Waals surface area contributed by atoms with Crippen molar-refractivity contribution in [3.8, 4) is 5.88 Å². The highest BCUT2D eigenvalue weighted by molar-refractivity contribution is 7.84. The number of pyridine rings is 1. The lowest BCUT2D eigenvalue weighted by Gasteiger charge is -2.23. The van der Waals surface area contributed by atoms with Crippen molar-refractivity contribution in [1.29, 1.82) is 0 Å². The van der Waals surface area contributed by atoms with Crippen LogP contribution in [-0.4, -0.2) is 21.0 Å². The second-order valence-electron chi connectivity index (χ2n) is 6.14. The van der Waals surface area contributed by atoms with Gasteiger partial charge >= 0.3 is 0 Å². The van der Waals surface area contributed by atoms with Gasteiger partial charge in [-0.25, -0.2) is 13.9 Å². The molecule has 22 heavy (non-hydrogen) atoms. The molecule has 0 spiro atoms. The van der Waals surface area contributed by atoms with Crippen LogP contribution in [0.5, 0.6) is 5.88 Å². The zero-order chi connectivity index (χ0) is 16.5. The molecule has 2 atom stereocenters. The van der Waals surface area contributed by atoms with E-state index in [2.05, 4.69) is 9.71 Å². The van der Waals surface area contributed by atoms with Crippen LogP contribution < -0.4 is 9.46 Å². The molecule has 1 aromatic heterocycles. The first-order chi connectivity index (χ1) is 10.2. The summed E-state index contributed by atoms with van der Waals surface area (Å²) in [5, 5.41) is 1.59. The van der Waals surface area contributed by atoms with Crippen LogP contribution in [0.3, 0.4) is 0 Å². The molecule has 1 heterocycles. The molecule has 0 saturated heterocycles. The highest BCUT2D eigenvalue weighted by Gasteiger charge is 2.23. The molecule has 0 radical (unpaired) electrons. The van der Waals surface area contributed by atoms with Gasteiger partial charge in [0.15, 0.2) is 0 Å². The Bertz CT molecular complexity index is 713. The topological polar surface area (TPSA) is 51.2 Å². The van der Waals surface area contributed by atoms with Gasteiger partial charge in [0.05, 0.1) is 28.4 Å². The van der Waals surface area contributed by atoms with Gasteiger partial charge in [0.25, 0.3) is 0 Å². The van der Waals surface area contributed by atoms with Crippen molar-refractivity contribution < 1.29 is 8.95 Å². The van der Waals surface area contributed by atoms with Gasteiger partial charge in [-0.15, -0.1) is 0 Å². The fraction of sp³-hybridized carbons (Fsp3) is 0.438. The molecule has 2 rings (SSSR count). The second kappa shape index (κ2) is 6.52. The number of aromatic nitrogens is 1. The number of hydrogen-bond acceptors (Lipinski definition) is 3. The number of nitrogens with zero attached hydrogens (tertiary/aromatic N) is 1. The molecule has 0 amide bonds. The molecule has 1 N–H and O–H groups in total. The Labute approximate surface area is 138 Å². The summed E-state index contributed by atoms with van der Waals surface area (Å²) < 4.78 is 20.4. The van der Waals surface area contributed by atoms with E-state index >= 15 is 0 Å². The molecule has 0 fully saturated rings. The Kier molecular flexibility index (Phi) is 5.10. The van der Waals surface area contributed by atoms with Gasteiger partial charge in [0.2, 0.25) is 5.88 Å². The minimum atomic E-state index is -1.18. The zero-order valence-electron chi connectivity index (χ0n) is 13.4. The van der Waals surface area contributed by atoms with Crippen LogP contribution in [0.4, 0.5) is 0 Å². The Morgan fingerprint density at radius 1 is 1.32 bits per heavy atom. The monoisotopic (exact) mass is 340 g/mol. The van der Waals surface area contributed by atoms with E-state index in [0.717, 1.165) is 16.5 Å². The molecule has 0 bridgehead atoms. The van der Waals surface area contributed by atoms with Crippen molar-refractivity contribution in [2.75, 3.05) is 7.11 Å². The number of hydrogen-bond donors (Lipinski definition) is 1. The first-order valence-corrected chi connectivity index (χ1v) is 8.57. The van der Waals surface area contributed by atoms with E-state index in [1.165, 1.54) is 0 Å². The molecule has 0 aliphatic heterocycles. The average molecular weight is 341 g/mol. The van der Waals surface area contributed by atoms with Crippen LogP contribution in [0.1, 0.15) is 39.3 Å². The Morgan fingerprint density at radius 2 is 2.00 bits per heavy atom. The number of ether oxygens (including phenoxy) is 1. The number of fused-ring (bicyclic) bond motifs is 1. The third-order valence-corrected chi connectivity index (χ3v) is 5.18. The third kappa shape index (κ3) is 3.77. The first kappa shape index (κ1) is 17.2. The zero-order valence-corrected chi connectivity index (χ0v) is 15.0.